The maximum Gasteiger partial charge on any atom is 0.314 e. The number of hydrogen-bond donors (Lipinski definition) is 1. The van der Waals surface area contributed by atoms with Gasteiger partial charge in [0.15, 0.2) is 0 Å². The first-order valence-electron chi connectivity index (χ1n) is 4.91. The van der Waals surface area contributed by atoms with Crippen LogP contribution in [0.2, 0.25) is 0 Å². The Morgan fingerprint density at radius 1 is 1.38 bits per heavy atom. The third kappa shape index (κ3) is 4.06. The highest BCUT2D eigenvalue weighted by molar-refractivity contribution is 6.00. The van der Waals surface area contributed by atoms with Crippen molar-refractivity contribution < 1.29 is 9.53 Å². The first-order valence-corrected chi connectivity index (χ1v) is 4.91. The van der Waals surface area contributed by atoms with E-state index in [0.29, 0.717) is 25.2 Å². The summed E-state index contributed by atoms with van der Waals surface area (Å²) in [6.45, 7) is 6.21. The summed E-state index contributed by atoms with van der Waals surface area (Å²) in [5, 5.41) is 7.56. The smallest absolute Gasteiger partial charge is 0.314 e. The second kappa shape index (κ2) is 6.63. The van der Waals surface area contributed by atoms with E-state index in [1.165, 1.54) is 0 Å². The van der Waals surface area contributed by atoms with Crippen LogP contribution in [-0.2, 0) is 9.53 Å². The molecule has 0 aliphatic rings. The van der Waals surface area contributed by atoms with E-state index in [2.05, 4.69) is 0 Å². The zero-order valence-electron chi connectivity index (χ0n) is 8.72. The Morgan fingerprint density at radius 3 is 2.38 bits per heavy atom. The number of carbonyl (C=O) groups excluding carboxylic acids is 1. The maximum atomic E-state index is 11.4. The van der Waals surface area contributed by atoms with E-state index in [1.807, 2.05) is 20.8 Å². The summed E-state index contributed by atoms with van der Waals surface area (Å²) in [6.07, 6.45) is 2.12. The lowest BCUT2D eigenvalue weighted by Crippen LogP contribution is -2.24. The van der Waals surface area contributed by atoms with Crippen LogP contribution in [0.4, 0.5) is 0 Å². The zero-order valence-corrected chi connectivity index (χ0v) is 8.72. The molecule has 0 aliphatic heterocycles. The normalized spacial score (nSPS) is 12.2. The van der Waals surface area contributed by atoms with Crippen LogP contribution in [0.25, 0.3) is 0 Å². The highest BCUT2D eigenvalue weighted by atomic mass is 16.5. The average Bonchev–Trinajstić information content (AvgIpc) is 2.15. The summed E-state index contributed by atoms with van der Waals surface area (Å²) in [5.74, 6) is -0.562. The van der Waals surface area contributed by atoms with Gasteiger partial charge in [-0.15, -0.1) is 0 Å². The van der Waals surface area contributed by atoms with Gasteiger partial charge in [0.2, 0.25) is 0 Å². The largest absolute Gasteiger partial charge is 0.465 e. The Labute approximate surface area is 80.0 Å². The Morgan fingerprint density at radius 2 is 2.00 bits per heavy atom. The third-order valence-corrected chi connectivity index (χ3v) is 1.94. The minimum Gasteiger partial charge on any atom is -0.465 e. The minimum atomic E-state index is -0.323. The molecule has 13 heavy (non-hydrogen) atoms. The van der Waals surface area contributed by atoms with Crippen LogP contribution in [0.1, 0.15) is 40.0 Å². The van der Waals surface area contributed by atoms with Crippen molar-refractivity contribution >= 4 is 11.7 Å². The number of esters is 1. The number of rotatable bonds is 6. The Balaban J connectivity index is 4.07. The highest BCUT2D eigenvalue weighted by Crippen LogP contribution is 2.09. The molecule has 3 heteroatoms. The Bertz CT molecular complexity index is 178. The van der Waals surface area contributed by atoms with Gasteiger partial charge < -0.3 is 10.1 Å². The van der Waals surface area contributed by atoms with Crippen molar-refractivity contribution in [1.29, 1.82) is 5.41 Å². The molecule has 0 aromatic rings. The molecule has 0 aromatic heterocycles. The lowest BCUT2D eigenvalue weighted by molar-refractivity contribution is -0.146. The Kier molecular flexibility index (Phi) is 6.20. The number of hydrogen-bond acceptors (Lipinski definition) is 3. The van der Waals surface area contributed by atoms with Gasteiger partial charge in [-0.2, -0.15) is 0 Å². The van der Waals surface area contributed by atoms with Crippen molar-refractivity contribution in [3.63, 3.8) is 0 Å². The molecule has 0 rings (SSSR count). The molecule has 0 aromatic carbocycles. The second-order valence-electron chi connectivity index (χ2n) is 3.01. The average molecular weight is 185 g/mol. The molecule has 0 fully saturated rings. The van der Waals surface area contributed by atoms with Gasteiger partial charge in [-0.05, 0) is 19.3 Å². The highest BCUT2D eigenvalue weighted by Gasteiger charge is 2.21. The number of carbonyl (C=O) groups is 1. The van der Waals surface area contributed by atoms with Gasteiger partial charge in [-0.25, -0.2) is 0 Å². The monoisotopic (exact) mass is 185 g/mol. The molecule has 1 unspecified atom stereocenters. The standard InChI is InChI=1S/C10H19NO2/c1-4-7-13-10(12)8(5-2)9(11)6-3/h8,11H,4-7H2,1-3H3. The van der Waals surface area contributed by atoms with E-state index in [-0.39, 0.29) is 11.9 Å². The molecule has 3 nitrogen and oxygen atoms in total. The predicted molar refractivity (Wildman–Crippen MR) is 53.0 cm³/mol. The molecule has 1 atom stereocenters. The molecule has 0 radical (unpaired) electrons. The lowest BCUT2D eigenvalue weighted by Gasteiger charge is -2.13. The van der Waals surface area contributed by atoms with Crippen LogP contribution in [0, 0.1) is 11.3 Å². The third-order valence-electron chi connectivity index (χ3n) is 1.94. The lowest BCUT2D eigenvalue weighted by atomic mass is 9.99. The molecular formula is C10H19NO2. The fourth-order valence-corrected chi connectivity index (χ4v) is 1.10. The fraction of sp³-hybridized carbons (Fsp3) is 0.800. The van der Waals surface area contributed by atoms with E-state index < -0.39 is 0 Å². The van der Waals surface area contributed by atoms with E-state index in [9.17, 15) is 4.79 Å². The molecule has 76 valence electrons. The summed E-state index contributed by atoms with van der Waals surface area (Å²) >= 11 is 0. The first kappa shape index (κ1) is 12.1. The van der Waals surface area contributed by atoms with Crippen molar-refractivity contribution in [3.8, 4) is 0 Å². The van der Waals surface area contributed by atoms with Gasteiger partial charge in [0, 0.05) is 5.71 Å². The van der Waals surface area contributed by atoms with Crippen molar-refractivity contribution in [1.82, 2.24) is 0 Å². The van der Waals surface area contributed by atoms with Crippen LogP contribution in [0.5, 0.6) is 0 Å². The van der Waals surface area contributed by atoms with Gasteiger partial charge in [-0.3, -0.25) is 4.79 Å². The molecule has 0 saturated heterocycles. The van der Waals surface area contributed by atoms with Gasteiger partial charge in [0.1, 0.15) is 0 Å². The number of nitrogens with one attached hydrogen (secondary N) is 1. The van der Waals surface area contributed by atoms with Crippen LogP contribution in [0.3, 0.4) is 0 Å². The zero-order chi connectivity index (χ0) is 10.3. The van der Waals surface area contributed by atoms with Crippen molar-refractivity contribution in [2.45, 2.75) is 40.0 Å². The van der Waals surface area contributed by atoms with E-state index in [0.717, 1.165) is 6.42 Å². The summed E-state index contributed by atoms with van der Waals surface area (Å²) in [6, 6.07) is 0. The fourth-order valence-electron chi connectivity index (χ4n) is 1.10. The molecule has 0 spiro atoms. The van der Waals surface area contributed by atoms with E-state index in [4.69, 9.17) is 10.1 Å². The minimum absolute atomic E-state index is 0.240. The van der Waals surface area contributed by atoms with Crippen LogP contribution in [0.15, 0.2) is 0 Å². The summed E-state index contributed by atoms with van der Waals surface area (Å²) in [4.78, 5) is 11.4. The number of ether oxygens (including phenoxy) is 1. The van der Waals surface area contributed by atoms with Gasteiger partial charge in [-0.1, -0.05) is 20.8 Å². The predicted octanol–water partition coefficient (Wildman–Crippen LogP) is 2.40. The van der Waals surface area contributed by atoms with E-state index >= 15 is 0 Å². The van der Waals surface area contributed by atoms with Gasteiger partial charge >= 0.3 is 5.97 Å². The van der Waals surface area contributed by atoms with Crippen LogP contribution >= 0.6 is 0 Å². The molecule has 0 aliphatic carbocycles. The molecule has 0 saturated carbocycles. The van der Waals surface area contributed by atoms with E-state index in [1.54, 1.807) is 0 Å². The van der Waals surface area contributed by atoms with Gasteiger partial charge in [0.25, 0.3) is 0 Å². The van der Waals surface area contributed by atoms with Crippen molar-refractivity contribution in [2.75, 3.05) is 6.61 Å². The second-order valence-corrected chi connectivity index (χ2v) is 3.01. The molecule has 0 amide bonds. The SMILES string of the molecule is CCCOC(=O)C(CC)C(=N)CC. The molecule has 0 heterocycles. The topological polar surface area (TPSA) is 50.2 Å². The van der Waals surface area contributed by atoms with Crippen LogP contribution in [-0.4, -0.2) is 18.3 Å². The molecular weight excluding hydrogens is 166 g/mol. The molecule has 0 bridgehead atoms. The quantitative estimate of drug-likeness (QED) is 0.510. The summed E-state index contributed by atoms with van der Waals surface area (Å²) in [7, 11) is 0. The van der Waals surface area contributed by atoms with Crippen LogP contribution < -0.4 is 0 Å². The first-order chi connectivity index (χ1) is 6.17. The molecule has 1 N–H and O–H groups in total. The van der Waals surface area contributed by atoms with Crippen molar-refractivity contribution in [2.24, 2.45) is 5.92 Å². The Hall–Kier alpha value is -0.860. The summed E-state index contributed by atoms with van der Waals surface area (Å²) in [5.41, 5.74) is 0.476. The maximum absolute atomic E-state index is 11.4. The summed E-state index contributed by atoms with van der Waals surface area (Å²) < 4.78 is 4.99. The van der Waals surface area contributed by atoms with Gasteiger partial charge in [0.05, 0.1) is 12.5 Å². The van der Waals surface area contributed by atoms with Crippen molar-refractivity contribution in [3.05, 3.63) is 0 Å².